The van der Waals surface area contributed by atoms with Crippen LogP contribution in [-0.2, 0) is 0 Å². The highest BCUT2D eigenvalue weighted by atomic mass is 35.5. The van der Waals surface area contributed by atoms with Gasteiger partial charge in [-0.15, -0.1) is 0 Å². The zero-order chi connectivity index (χ0) is 11.7. The molecule has 1 aromatic heterocycles. The quantitative estimate of drug-likeness (QED) is 0.846. The highest BCUT2D eigenvalue weighted by molar-refractivity contribution is 6.31. The number of imidazole rings is 1. The minimum atomic E-state index is 0.569. The number of halogens is 1. The molecule has 1 aliphatic carbocycles. The molecule has 0 saturated heterocycles. The van der Waals surface area contributed by atoms with Gasteiger partial charge in [-0.1, -0.05) is 30.9 Å². The van der Waals surface area contributed by atoms with Crippen molar-refractivity contribution in [1.82, 2.24) is 9.97 Å². The van der Waals surface area contributed by atoms with Crippen molar-refractivity contribution in [3.63, 3.8) is 0 Å². The summed E-state index contributed by atoms with van der Waals surface area (Å²) < 4.78 is 0. The number of anilines is 1. The fraction of sp³-hybridized carbons (Fsp3) is 0.462. The number of benzene rings is 1. The number of hydrogen-bond acceptors (Lipinski definition) is 2. The van der Waals surface area contributed by atoms with Crippen LogP contribution in [-0.4, -0.2) is 16.0 Å². The number of aromatic nitrogens is 2. The van der Waals surface area contributed by atoms with Crippen molar-refractivity contribution in [2.75, 3.05) is 5.32 Å². The van der Waals surface area contributed by atoms with Crippen molar-refractivity contribution in [3.05, 3.63) is 23.2 Å². The zero-order valence-corrected chi connectivity index (χ0v) is 10.4. The maximum absolute atomic E-state index is 5.95. The molecule has 2 N–H and O–H groups in total. The van der Waals surface area contributed by atoms with Gasteiger partial charge in [0.15, 0.2) is 0 Å². The van der Waals surface area contributed by atoms with E-state index in [0.717, 1.165) is 22.0 Å². The first-order chi connectivity index (χ1) is 8.31. The summed E-state index contributed by atoms with van der Waals surface area (Å²) in [6.45, 7) is 0. The molecule has 0 aliphatic heterocycles. The highest BCUT2D eigenvalue weighted by Gasteiger charge is 2.14. The number of aromatic amines is 1. The summed E-state index contributed by atoms with van der Waals surface area (Å²) in [4.78, 5) is 7.80. The summed E-state index contributed by atoms with van der Waals surface area (Å²) in [6.07, 6.45) is 6.51. The van der Waals surface area contributed by atoms with Crippen LogP contribution in [0.15, 0.2) is 18.2 Å². The standard InChI is InChI=1S/C13H16ClN3/c14-9-6-7-11-12(8-9)17-13(16-11)15-10-4-2-1-3-5-10/h6-8,10H,1-5H2,(H2,15,16,17). The second-order valence-electron chi connectivity index (χ2n) is 4.73. The predicted octanol–water partition coefficient (Wildman–Crippen LogP) is 3.96. The molecule has 17 heavy (non-hydrogen) atoms. The first kappa shape index (κ1) is 10.9. The van der Waals surface area contributed by atoms with Crippen LogP contribution in [0.25, 0.3) is 11.0 Å². The molecule has 1 heterocycles. The monoisotopic (exact) mass is 249 g/mol. The highest BCUT2D eigenvalue weighted by Crippen LogP contribution is 2.23. The topological polar surface area (TPSA) is 40.7 Å². The smallest absolute Gasteiger partial charge is 0.201 e. The van der Waals surface area contributed by atoms with E-state index in [-0.39, 0.29) is 0 Å². The molecular formula is C13H16ClN3. The molecule has 3 nitrogen and oxygen atoms in total. The lowest BCUT2D eigenvalue weighted by molar-refractivity contribution is 0.461. The molecule has 0 radical (unpaired) electrons. The van der Waals surface area contributed by atoms with Crippen molar-refractivity contribution < 1.29 is 0 Å². The first-order valence-electron chi connectivity index (χ1n) is 6.23. The fourth-order valence-electron chi connectivity index (χ4n) is 2.49. The molecule has 0 atom stereocenters. The van der Waals surface area contributed by atoms with Gasteiger partial charge in [-0.2, -0.15) is 0 Å². The molecule has 4 heteroatoms. The molecule has 0 bridgehead atoms. The van der Waals surface area contributed by atoms with Gasteiger partial charge in [0.1, 0.15) is 0 Å². The summed E-state index contributed by atoms with van der Waals surface area (Å²) in [7, 11) is 0. The Bertz CT molecular complexity index is 514. The van der Waals surface area contributed by atoms with Crippen molar-refractivity contribution in [2.45, 2.75) is 38.1 Å². The molecule has 3 rings (SSSR count). The molecule has 1 aromatic carbocycles. The van der Waals surface area contributed by atoms with Crippen molar-refractivity contribution in [2.24, 2.45) is 0 Å². The Morgan fingerprint density at radius 1 is 1.24 bits per heavy atom. The molecule has 1 saturated carbocycles. The molecule has 0 unspecified atom stereocenters. The van der Waals surface area contributed by atoms with E-state index in [1.54, 1.807) is 0 Å². The van der Waals surface area contributed by atoms with E-state index in [1.807, 2.05) is 18.2 Å². The summed E-state index contributed by atoms with van der Waals surface area (Å²) in [5, 5.41) is 4.22. The number of hydrogen-bond donors (Lipinski definition) is 2. The average molecular weight is 250 g/mol. The van der Waals surface area contributed by atoms with E-state index in [9.17, 15) is 0 Å². The maximum atomic E-state index is 5.95. The van der Waals surface area contributed by atoms with E-state index in [2.05, 4.69) is 15.3 Å². The SMILES string of the molecule is Clc1ccc2nc(NC3CCCCC3)[nH]c2c1. The normalized spacial score (nSPS) is 17.5. The summed E-state index contributed by atoms with van der Waals surface area (Å²) in [5.74, 6) is 0.870. The molecule has 1 fully saturated rings. The fourth-order valence-corrected chi connectivity index (χ4v) is 2.66. The molecular weight excluding hydrogens is 234 g/mol. The van der Waals surface area contributed by atoms with Crippen LogP contribution in [0.3, 0.4) is 0 Å². The first-order valence-corrected chi connectivity index (χ1v) is 6.61. The van der Waals surface area contributed by atoms with Crippen LogP contribution >= 0.6 is 11.6 Å². The lowest BCUT2D eigenvalue weighted by Gasteiger charge is -2.22. The molecule has 2 aromatic rings. The van der Waals surface area contributed by atoms with Crippen LogP contribution in [0.4, 0.5) is 5.95 Å². The predicted molar refractivity (Wildman–Crippen MR) is 71.6 cm³/mol. The van der Waals surface area contributed by atoms with Gasteiger partial charge in [0, 0.05) is 11.1 Å². The third-order valence-electron chi connectivity index (χ3n) is 3.39. The van der Waals surface area contributed by atoms with Crippen LogP contribution in [0.1, 0.15) is 32.1 Å². The number of rotatable bonds is 2. The van der Waals surface area contributed by atoms with Gasteiger partial charge < -0.3 is 10.3 Å². The maximum Gasteiger partial charge on any atom is 0.201 e. The van der Waals surface area contributed by atoms with Crippen LogP contribution < -0.4 is 5.32 Å². The van der Waals surface area contributed by atoms with Gasteiger partial charge in [0.05, 0.1) is 11.0 Å². The van der Waals surface area contributed by atoms with E-state index in [1.165, 1.54) is 32.1 Å². The van der Waals surface area contributed by atoms with Gasteiger partial charge in [0.2, 0.25) is 5.95 Å². The Hall–Kier alpha value is -1.22. The number of H-pyrrole nitrogens is 1. The van der Waals surface area contributed by atoms with Gasteiger partial charge in [0.25, 0.3) is 0 Å². The lowest BCUT2D eigenvalue weighted by atomic mass is 9.96. The average Bonchev–Trinajstić information content (AvgIpc) is 2.71. The Kier molecular flexibility index (Phi) is 2.93. The second-order valence-corrected chi connectivity index (χ2v) is 5.16. The third-order valence-corrected chi connectivity index (χ3v) is 3.63. The zero-order valence-electron chi connectivity index (χ0n) is 9.67. The Labute approximate surface area is 106 Å². The lowest BCUT2D eigenvalue weighted by Crippen LogP contribution is -2.22. The summed E-state index contributed by atoms with van der Waals surface area (Å²) in [5.41, 5.74) is 1.96. The van der Waals surface area contributed by atoms with Crippen molar-refractivity contribution >= 4 is 28.6 Å². The van der Waals surface area contributed by atoms with E-state index >= 15 is 0 Å². The van der Waals surface area contributed by atoms with Crippen LogP contribution in [0.2, 0.25) is 5.02 Å². The number of nitrogens with one attached hydrogen (secondary N) is 2. The van der Waals surface area contributed by atoms with E-state index in [4.69, 9.17) is 11.6 Å². The van der Waals surface area contributed by atoms with Gasteiger partial charge in [-0.25, -0.2) is 4.98 Å². The van der Waals surface area contributed by atoms with Crippen molar-refractivity contribution in [1.29, 1.82) is 0 Å². The Balaban J connectivity index is 1.80. The number of fused-ring (bicyclic) bond motifs is 1. The number of nitrogens with zero attached hydrogens (tertiary/aromatic N) is 1. The largest absolute Gasteiger partial charge is 0.353 e. The second kappa shape index (κ2) is 4.57. The van der Waals surface area contributed by atoms with E-state index in [0.29, 0.717) is 6.04 Å². The molecule has 0 amide bonds. The van der Waals surface area contributed by atoms with Gasteiger partial charge in [-0.05, 0) is 31.0 Å². The van der Waals surface area contributed by atoms with Crippen molar-refractivity contribution in [3.8, 4) is 0 Å². The van der Waals surface area contributed by atoms with Crippen LogP contribution in [0.5, 0.6) is 0 Å². The van der Waals surface area contributed by atoms with Gasteiger partial charge >= 0.3 is 0 Å². The summed E-state index contributed by atoms with van der Waals surface area (Å²) in [6, 6.07) is 6.30. The molecule has 1 aliphatic rings. The van der Waals surface area contributed by atoms with Gasteiger partial charge in [-0.3, -0.25) is 0 Å². The minimum Gasteiger partial charge on any atom is -0.353 e. The Morgan fingerprint density at radius 3 is 2.88 bits per heavy atom. The minimum absolute atomic E-state index is 0.569. The van der Waals surface area contributed by atoms with E-state index < -0.39 is 0 Å². The molecule has 0 spiro atoms. The molecule has 90 valence electrons. The Morgan fingerprint density at radius 2 is 2.06 bits per heavy atom. The summed E-state index contributed by atoms with van der Waals surface area (Å²) >= 11 is 5.95. The third kappa shape index (κ3) is 2.39. The van der Waals surface area contributed by atoms with Crippen LogP contribution in [0, 0.1) is 0 Å².